The van der Waals surface area contributed by atoms with Gasteiger partial charge in [0.25, 0.3) is 11.8 Å². The largest absolute Gasteiger partial charge is 0.445 e. The molecule has 3 aromatic carbocycles. The number of nitrogens with zero attached hydrogens (tertiary/aromatic N) is 2. The first-order valence-electron chi connectivity index (χ1n) is 16.3. The Hall–Kier alpha value is -4.41. The number of hydrogen-bond donors (Lipinski definition) is 3. The van der Waals surface area contributed by atoms with Crippen molar-refractivity contribution in [2.24, 2.45) is 0 Å². The molecular weight excluding hydrogens is 602 g/mol. The van der Waals surface area contributed by atoms with Crippen LogP contribution in [0.1, 0.15) is 77.4 Å². The van der Waals surface area contributed by atoms with E-state index in [4.69, 9.17) is 4.42 Å². The highest BCUT2D eigenvalue weighted by Gasteiger charge is 2.25. The fraction of sp³-hybridized carbons (Fsp3) is 0.378. The van der Waals surface area contributed by atoms with Crippen molar-refractivity contribution in [3.63, 3.8) is 0 Å². The van der Waals surface area contributed by atoms with E-state index < -0.39 is 29.7 Å². The first kappa shape index (κ1) is 35.4. The minimum absolute atomic E-state index is 0.0217. The van der Waals surface area contributed by atoms with Crippen LogP contribution in [0.3, 0.4) is 0 Å². The molecule has 10 heteroatoms. The second-order valence-electron chi connectivity index (χ2n) is 11.7. The molecule has 4 rings (SSSR count). The first-order valence-corrected chi connectivity index (χ1v) is 16.3. The SMILES string of the molecule is CCCN(CCC)C(=O)c1cc(C(=O)N[C@@H](Cc2cc(F)cc(F)c2)[C@@H](O)CCNCc2cccc(CC)c2)cc(-c2ncco2)c1. The molecule has 2 atom stereocenters. The number of aryl methyl sites for hydroxylation is 1. The smallest absolute Gasteiger partial charge is 0.253 e. The molecule has 0 saturated carbocycles. The normalized spacial score (nSPS) is 12.5. The maximum Gasteiger partial charge on any atom is 0.253 e. The molecule has 1 heterocycles. The van der Waals surface area contributed by atoms with Crippen molar-refractivity contribution in [2.45, 2.75) is 71.6 Å². The number of amides is 2. The minimum atomic E-state index is -1.06. The Bertz CT molecular complexity index is 1590. The van der Waals surface area contributed by atoms with Gasteiger partial charge in [-0.15, -0.1) is 0 Å². The van der Waals surface area contributed by atoms with E-state index >= 15 is 0 Å². The Morgan fingerprint density at radius 2 is 1.62 bits per heavy atom. The van der Waals surface area contributed by atoms with E-state index in [0.717, 1.165) is 30.9 Å². The van der Waals surface area contributed by atoms with Crippen molar-refractivity contribution in [2.75, 3.05) is 19.6 Å². The van der Waals surface area contributed by atoms with Crippen molar-refractivity contribution >= 4 is 11.8 Å². The zero-order valence-electron chi connectivity index (χ0n) is 27.3. The second-order valence-corrected chi connectivity index (χ2v) is 11.7. The van der Waals surface area contributed by atoms with E-state index in [1.165, 1.54) is 36.2 Å². The topological polar surface area (TPSA) is 108 Å². The van der Waals surface area contributed by atoms with Gasteiger partial charge in [-0.05, 0) is 85.7 Å². The summed E-state index contributed by atoms with van der Waals surface area (Å²) in [5, 5.41) is 17.5. The second kappa shape index (κ2) is 17.5. The van der Waals surface area contributed by atoms with Crippen LogP contribution in [0.4, 0.5) is 8.78 Å². The number of oxazole rings is 1. The molecule has 0 aliphatic heterocycles. The van der Waals surface area contributed by atoms with Gasteiger partial charge in [0.2, 0.25) is 5.89 Å². The van der Waals surface area contributed by atoms with Crippen LogP contribution < -0.4 is 10.6 Å². The van der Waals surface area contributed by atoms with Crippen molar-refractivity contribution in [3.05, 3.63) is 113 Å². The number of aliphatic hydroxyl groups is 1. The van der Waals surface area contributed by atoms with Gasteiger partial charge in [0, 0.05) is 42.4 Å². The number of benzene rings is 3. The van der Waals surface area contributed by atoms with Crippen LogP contribution in [0.5, 0.6) is 0 Å². The van der Waals surface area contributed by atoms with Crippen LogP contribution in [0, 0.1) is 11.6 Å². The van der Waals surface area contributed by atoms with Crippen LogP contribution in [-0.4, -0.2) is 58.6 Å². The number of hydrogen-bond acceptors (Lipinski definition) is 6. The lowest BCUT2D eigenvalue weighted by Crippen LogP contribution is -2.46. The molecular formula is C37H44F2N4O4. The van der Waals surface area contributed by atoms with Crippen molar-refractivity contribution in [3.8, 4) is 11.5 Å². The highest BCUT2D eigenvalue weighted by atomic mass is 19.1. The van der Waals surface area contributed by atoms with Gasteiger partial charge in [-0.3, -0.25) is 9.59 Å². The maximum absolute atomic E-state index is 14.1. The van der Waals surface area contributed by atoms with Crippen molar-refractivity contribution in [1.29, 1.82) is 0 Å². The zero-order chi connectivity index (χ0) is 33.8. The number of halogens is 2. The molecule has 250 valence electrons. The number of rotatable bonds is 17. The Balaban J connectivity index is 1.57. The number of nitrogens with one attached hydrogen (secondary N) is 2. The van der Waals surface area contributed by atoms with E-state index in [9.17, 15) is 23.5 Å². The van der Waals surface area contributed by atoms with Crippen molar-refractivity contribution < 1.29 is 27.9 Å². The molecule has 47 heavy (non-hydrogen) atoms. The van der Waals surface area contributed by atoms with Gasteiger partial charge in [-0.25, -0.2) is 13.8 Å². The lowest BCUT2D eigenvalue weighted by molar-refractivity contribution is 0.0755. The first-order chi connectivity index (χ1) is 22.7. The predicted octanol–water partition coefficient (Wildman–Crippen LogP) is 6.33. The summed E-state index contributed by atoms with van der Waals surface area (Å²) in [6, 6.07) is 15.2. The average molecular weight is 647 g/mol. The van der Waals surface area contributed by atoms with Crippen LogP contribution in [0.25, 0.3) is 11.5 Å². The minimum Gasteiger partial charge on any atom is -0.445 e. The van der Waals surface area contributed by atoms with Crippen LogP contribution in [0.15, 0.2) is 77.5 Å². The monoisotopic (exact) mass is 646 g/mol. The molecule has 0 radical (unpaired) electrons. The standard InChI is InChI=1S/C37H44F2N4O4/c1-4-13-43(14-5-2)37(46)30-21-28(20-29(22-30)36-41-12-15-47-36)35(45)42-33(19-27-17-31(38)23-32(39)18-27)34(44)10-11-40-24-26-9-7-8-25(6-3)16-26/h7-9,12,15-18,20-23,33-34,40,44H,4-6,10-11,13-14,19,24H2,1-3H3,(H,42,45)/t33-,34-/m0/s1. The van der Waals surface area contributed by atoms with Gasteiger partial charge in [-0.1, -0.05) is 45.0 Å². The van der Waals surface area contributed by atoms with Gasteiger partial charge < -0.3 is 25.1 Å². The van der Waals surface area contributed by atoms with E-state index in [0.29, 0.717) is 37.3 Å². The Labute approximate surface area is 275 Å². The molecule has 8 nitrogen and oxygen atoms in total. The molecule has 1 aromatic heterocycles. The molecule has 4 aromatic rings. The Morgan fingerprint density at radius 3 is 2.28 bits per heavy atom. The molecule has 0 spiro atoms. The van der Waals surface area contributed by atoms with E-state index in [2.05, 4.69) is 34.7 Å². The molecule has 2 amide bonds. The molecule has 0 unspecified atom stereocenters. The van der Waals surface area contributed by atoms with E-state index in [1.54, 1.807) is 17.0 Å². The van der Waals surface area contributed by atoms with Gasteiger partial charge in [0.15, 0.2) is 0 Å². The highest BCUT2D eigenvalue weighted by Crippen LogP contribution is 2.23. The third kappa shape index (κ3) is 10.3. The van der Waals surface area contributed by atoms with Gasteiger partial charge in [0.05, 0.1) is 18.3 Å². The Kier molecular flexibility index (Phi) is 13.2. The zero-order valence-corrected chi connectivity index (χ0v) is 27.3. The predicted molar refractivity (Wildman–Crippen MR) is 178 cm³/mol. The number of carbonyl (C=O) groups is 2. The van der Waals surface area contributed by atoms with E-state index in [1.807, 2.05) is 26.0 Å². The van der Waals surface area contributed by atoms with Crippen LogP contribution in [0.2, 0.25) is 0 Å². The number of aromatic nitrogens is 1. The summed E-state index contributed by atoms with van der Waals surface area (Å²) in [7, 11) is 0. The lowest BCUT2D eigenvalue weighted by Gasteiger charge is -2.25. The highest BCUT2D eigenvalue weighted by molar-refractivity contribution is 6.01. The van der Waals surface area contributed by atoms with Gasteiger partial charge in [0.1, 0.15) is 17.9 Å². The molecule has 0 fully saturated rings. The fourth-order valence-electron chi connectivity index (χ4n) is 5.57. The molecule has 3 N–H and O–H groups in total. The molecule has 0 aliphatic rings. The number of carbonyl (C=O) groups excluding carboxylic acids is 2. The summed E-state index contributed by atoms with van der Waals surface area (Å²) in [4.78, 5) is 33.3. The van der Waals surface area contributed by atoms with Gasteiger partial charge >= 0.3 is 0 Å². The van der Waals surface area contributed by atoms with E-state index in [-0.39, 0.29) is 35.8 Å². The Morgan fingerprint density at radius 1 is 0.915 bits per heavy atom. The summed E-state index contributed by atoms with van der Waals surface area (Å²) in [5.41, 5.74) is 3.54. The molecule has 0 bridgehead atoms. The summed E-state index contributed by atoms with van der Waals surface area (Å²) in [5.74, 6) is -2.04. The van der Waals surface area contributed by atoms with Crippen molar-refractivity contribution in [1.82, 2.24) is 20.5 Å². The van der Waals surface area contributed by atoms with Crippen LogP contribution >= 0.6 is 0 Å². The lowest BCUT2D eigenvalue weighted by atomic mass is 9.97. The fourth-order valence-corrected chi connectivity index (χ4v) is 5.57. The quantitative estimate of drug-likeness (QED) is 0.116. The number of aliphatic hydroxyl groups excluding tert-OH is 1. The summed E-state index contributed by atoms with van der Waals surface area (Å²) < 4.78 is 33.7. The summed E-state index contributed by atoms with van der Waals surface area (Å²) >= 11 is 0. The summed E-state index contributed by atoms with van der Waals surface area (Å²) in [6.07, 6.45) is 4.55. The van der Waals surface area contributed by atoms with Crippen LogP contribution in [-0.2, 0) is 19.4 Å². The third-order valence-electron chi connectivity index (χ3n) is 7.90. The average Bonchev–Trinajstić information content (AvgIpc) is 3.61. The molecule has 0 aliphatic carbocycles. The third-order valence-corrected chi connectivity index (χ3v) is 7.90. The van der Waals surface area contributed by atoms with Gasteiger partial charge in [-0.2, -0.15) is 0 Å². The summed E-state index contributed by atoms with van der Waals surface area (Å²) in [6.45, 7) is 8.25. The maximum atomic E-state index is 14.1. The molecule has 0 saturated heterocycles.